The van der Waals surface area contributed by atoms with Crippen molar-refractivity contribution in [2.24, 2.45) is 0 Å². The van der Waals surface area contributed by atoms with Crippen molar-refractivity contribution in [3.05, 3.63) is 59.9 Å². The predicted molar refractivity (Wildman–Crippen MR) is 86.3 cm³/mol. The minimum absolute atomic E-state index is 0.0735. The maximum Gasteiger partial charge on any atom is 0.231 e. The molecule has 4 aromatic rings. The number of fused-ring (bicyclic) bond motifs is 3. The van der Waals surface area contributed by atoms with Crippen LogP contribution in [0.2, 0.25) is 0 Å². The number of H-pyrrole nitrogens is 1. The Morgan fingerprint density at radius 2 is 1.96 bits per heavy atom. The molecule has 23 heavy (non-hydrogen) atoms. The summed E-state index contributed by atoms with van der Waals surface area (Å²) in [5, 5.41) is 7.75. The quantitative estimate of drug-likeness (QED) is 0.461. The van der Waals surface area contributed by atoms with E-state index in [1.165, 1.54) is 36.0 Å². The molecule has 4 rings (SSSR count). The number of halogens is 1. The molecule has 0 aliphatic rings. The SMILES string of the molecule is O=C(CSc1n[nH]c2nc3ccccc3n12)c1ccc(F)cc1. The van der Waals surface area contributed by atoms with Crippen molar-refractivity contribution >= 4 is 34.4 Å². The Labute approximate surface area is 134 Å². The number of para-hydroxylation sites is 2. The molecule has 5 nitrogen and oxygen atoms in total. The van der Waals surface area contributed by atoms with Crippen molar-refractivity contribution in [3.63, 3.8) is 0 Å². The number of aromatic amines is 1. The fraction of sp³-hybridized carbons (Fsp3) is 0.0625. The van der Waals surface area contributed by atoms with E-state index >= 15 is 0 Å². The van der Waals surface area contributed by atoms with Crippen LogP contribution in [0.1, 0.15) is 10.4 Å². The molecule has 0 fully saturated rings. The topological polar surface area (TPSA) is 63.0 Å². The normalized spacial score (nSPS) is 11.3. The van der Waals surface area contributed by atoms with Crippen molar-refractivity contribution in [3.8, 4) is 0 Å². The molecule has 2 aromatic carbocycles. The number of hydrogen-bond acceptors (Lipinski definition) is 4. The van der Waals surface area contributed by atoms with Crippen LogP contribution in [0.4, 0.5) is 4.39 Å². The Kier molecular flexibility index (Phi) is 3.34. The summed E-state index contributed by atoms with van der Waals surface area (Å²) in [6, 6.07) is 13.3. The van der Waals surface area contributed by atoms with Gasteiger partial charge in [-0.3, -0.25) is 9.20 Å². The first-order valence-electron chi connectivity index (χ1n) is 6.95. The van der Waals surface area contributed by atoms with Crippen LogP contribution in [-0.2, 0) is 0 Å². The zero-order valence-corrected chi connectivity index (χ0v) is 12.7. The van der Waals surface area contributed by atoms with Crippen LogP contribution in [0.3, 0.4) is 0 Å². The lowest BCUT2D eigenvalue weighted by Crippen LogP contribution is -2.03. The van der Waals surface area contributed by atoms with Gasteiger partial charge in [0.15, 0.2) is 10.9 Å². The molecule has 2 aromatic heterocycles. The molecule has 0 amide bonds. The molecule has 0 radical (unpaired) electrons. The molecule has 2 heterocycles. The molecular weight excluding hydrogens is 315 g/mol. The van der Waals surface area contributed by atoms with Gasteiger partial charge in [-0.1, -0.05) is 23.9 Å². The van der Waals surface area contributed by atoms with E-state index in [-0.39, 0.29) is 17.4 Å². The van der Waals surface area contributed by atoms with Gasteiger partial charge < -0.3 is 0 Å². The largest absolute Gasteiger partial charge is 0.293 e. The van der Waals surface area contributed by atoms with E-state index in [0.29, 0.717) is 16.5 Å². The van der Waals surface area contributed by atoms with Gasteiger partial charge in [-0.2, -0.15) is 0 Å². The number of aromatic nitrogens is 4. The molecule has 0 saturated carbocycles. The number of carbonyl (C=O) groups is 1. The molecule has 0 spiro atoms. The molecule has 0 saturated heterocycles. The van der Waals surface area contributed by atoms with E-state index < -0.39 is 0 Å². The summed E-state index contributed by atoms with van der Waals surface area (Å²) in [6.45, 7) is 0. The van der Waals surface area contributed by atoms with Crippen molar-refractivity contribution < 1.29 is 9.18 Å². The second kappa shape index (κ2) is 5.51. The van der Waals surface area contributed by atoms with Crippen molar-refractivity contribution in [2.75, 3.05) is 5.75 Å². The summed E-state index contributed by atoms with van der Waals surface area (Å²) >= 11 is 1.32. The van der Waals surface area contributed by atoms with Crippen LogP contribution in [-0.4, -0.2) is 31.1 Å². The van der Waals surface area contributed by atoms with Gasteiger partial charge in [-0.25, -0.2) is 14.5 Å². The monoisotopic (exact) mass is 326 g/mol. The highest BCUT2D eigenvalue weighted by Crippen LogP contribution is 2.23. The Morgan fingerprint density at radius 3 is 2.78 bits per heavy atom. The second-order valence-corrected chi connectivity index (χ2v) is 5.93. The third kappa shape index (κ3) is 2.49. The molecular formula is C16H11FN4OS. The number of Topliss-reactive ketones (excluding diaryl/α,β-unsaturated/α-hetero) is 1. The van der Waals surface area contributed by atoms with Crippen LogP contribution in [0.5, 0.6) is 0 Å². The number of carbonyl (C=O) groups excluding carboxylic acids is 1. The maximum atomic E-state index is 12.9. The van der Waals surface area contributed by atoms with Crippen LogP contribution >= 0.6 is 11.8 Å². The fourth-order valence-electron chi connectivity index (χ4n) is 2.39. The molecule has 1 N–H and O–H groups in total. The van der Waals surface area contributed by atoms with Gasteiger partial charge in [-0.15, -0.1) is 5.10 Å². The fourth-order valence-corrected chi connectivity index (χ4v) is 3.24. The van der Waals surface area contributed by atoms with E-state index in [1.807, 2.05) is 28.7 Å². The van der Waals surface area contributed by atoms with Gasteiger partial charge in [0.25, 0.3) is 0 Å². The zero-order valence-electron chi connectivity index (χ0n) is 11.9. The minimum atomic E-state index is -0.354. The van der Waals surface area contributed by atoms with E-state index in [4.69, 9.17) is 0 Å². The standard InChI is InChI=1S/C16H11FN4OS/c17-11-7-5-10(6-8-11)14(22)9-23-16-20-19-15-18-12-3-1-2-4-13(12)21(15)16/h1-8H,9H2,(H,18,19). The Bertz CT molecular complexity index is 1010. The first-order valence-corrected chi connectivity index (χ1v) is 7.94. The van der Waals surface area contributed by atoms with Crippen LogP contribution in [0, 0.1) is 5.82 Å². The van der Waals surface area contributed by atoms with Gasteiger partial charge in [0.1, 0.15) is 5.82 Å². The zero-order chi connectivity index (χ0) is 15.8. The minimum Gasteiger partial charge on any atom is -0.293 e. The van der Waals surface area contributed by atoms with Crippen LogP contribution < -0.4 is 0 Å². The van der Waals surface area contributed by atoms with Gasteiger partial charge >= 0.3 is 0 Å². The lowest BCUT2D eigenvalue weighted by molar-refractivity contribution is 0.102. The number of rotatable bonds is 4. The molecule has 0 unspecified atom stereocenters. The smallest absolute Gasteiger partial charge is 0.231 e. The average Bonchev–Trinajstić information content (AvgIpc) is 3.12. The Morgan fingerprint density at radius 1 is 1.17 bits per heavy atom. The lowest BCUT2D eigenvalue weighted by atomic mass is 10.1. The first-order chi connectivity index (χ1) is 11.2. The van der Waals surface area contributed by atoms with Crippen molar-refractivity contribution in [1.82, 2.24) is 19.6 Å². The van der Waals surface area contributed by atoms with Gasteiger partial charge in [0, 0.05) is 5.56 Å². The number of nitrogens with zero attached hydrogens (tertiary/aromatic N) is 3. The molecule has 0 aliphatic carbocycles. The van der Waals surface area contributed by atoms with Crippen LogP contribution in [0.25, 0.3) is 16.8 Å². The first kappa shape index (κ1) is 14.0. The summed E-state index contributed by atoms with van der Waals surface area (Å²) in [7, 11) is 0. The van der Waals surface area contributed by atoms with Gasteiger partial charge in [-0.05, 0) is 36.4 Å². The van der Waals surface area contributed by atoms with Gasteiger partial charge in [0.05, 0.1) is 16.8 Å². The third-order valence-corrected chi connectivity index (χ3v) is 4.44. The third-order valence-electron chi connectivity index (χ3n) is 3.50. The molecule has 7 heteroatoms. The summed E-state index contributed by atoms with van der Waals surface area (Å²) in [5.41, 5.74) is 2.29. The molecule has 0 bridgehead atoms. The van der Waals surface area contributed by atoms with Crippen molar-refractivity contribution in [1.29, 1.82) is 0 Å². The van der Waals surface area contributed by atoms with E-state index in [2.05, 4.69) is 15.2 Å². The van der Waals surface area contributed by atoms with E-state index in [9.17, 15) is 9.18 Å². The Hall–Kier alpha value is -2.67. The Balaban J connectivity index is 1.60. The summed E-state index contributed by atoms with van der Waals surface area (Å²) < 4.78 is 14.8. The number of ketones is 1. The summed E-state index contributed by atoms with van der Waals surface area (Å²) in [6.07, 6.45) is 0. The van der Waals surface area contributed by atoms with E-state index in [1.54, 1.807) is 0 Å². The lowest BCUT2D eigenvalue weighted by Gasteiger charge is -2.00. The number of nitrogens with one attached hydrogen (secondary N) is 1. The average molecular weight is 326 g/mol. The maximum absolute atomic E-state index is 12.9. The number of hydrogen-bond donors (Lipinski definition) is 1. The molecule has 0 aliphatic heterocycles. The number of benzene rings is 2. The predicted octanol–water partition coefficient (Wildman–Crippen LogP) is 3.32. The summed E-state index contributed by atoms with van der Waals surface area (Å²) in [5.74, 6) is 0.435. The van der Waals surface area contributed by atoms with Crippen molar-refractivity contribution in [2.45, 2.75) is 5.16 Å². The van der Waals surface area contributed by atoms with Crippen LogP contribution in [0.15, 0.2) is 53.7 Å². The highest BCUT2D eigenvalue weighted by Gasteiger charge is 2.14. The number of imidazole rings is 1. The van der Waals surface area contributed by atoms with Gasteiger partial charge in [0.2, 0.25) is 5.78 Å². The number of thioether (sulfide) groups is 1. The highest BCUT2D eigenvalue weighted by molar-refractivity contribution is 7.99. The summed E-state index contributed by atoms with van der Waals surface area (Å²) in [4.78, 5) is 16.6. The molecule has 0 atom stereocenters. The van der Waals surface area contributed by atoms with E-state index in [0.717, 1.165) is 11.0 Å². The second-order valence-electron chi connectivity index (χ2n) is 4.98. The molecule has 114 valence electrons. The highest BCUT2D eigenvalue weighted by atomic mass is 32.2.